The fourth-order valence-corrected chi connectivity index (χ4v) is 4.58. The number of amides is 1. The summed E-state index contributed by atoms with van der Waals surface area (Å²) in [5.74, 6) is 0.932. The van der Waals surface area contributed by atoms with Gasteiger partial charge in [-0.3, -0.25) is 9.36 Å². The Morgan fingerprint density at radius 1 is 1.00 bits per heavy atom. The second kappa shape index (κ2) is 9.64. The molecule has 0 saturated carbocycles. The molecule has 4 aromatic rings. The summed E-state index contributed by atoms with van der Waals surface area (Å²) in [6.07, 6.45) is 0. The zero-order valence-corrected chi connectivity index (χ0v) is 19.2. The van der Waals surface area contributed by atoms with E-state index in [1.807, 2.05) is 41.0 Å². The first-order chi connectivity index (χ1) is 16.2. The van der Waals surface area contributed by atoms with Gasteiger partial charge in [-0.15, -0.1) is 10.2 Å². The maximum Gasteiger partial charge on any atom is 0.234 e. The van der Waals surface area contributed by atoms with E-state index in [4.69, 9.17) is 4.74 Å². The first-order valence-electron chi connectivity index (χ1n) is 10.9. The zero-order chi connectivity index (χ0) is 22.6. The highest BCUT2D eigenvalue weighted by Gasteiger charge is 2.22. The van der Waals surface area contributed by atoms with Gasteiger partial charge in [0.15, 0.2) is 5.16 Å². The maximum absolute atomic E-state index is 12.7. The Balaban J connectivity index is 1.34. The number of hydrogen-bond donors (Lipinski definition) is 1. The minimum Gasteiger partial charge on any atom is -0.378 e. The van der Waals surface area contributed by atoms with Crippen LogP contribution in [0, 0.1) is 6.92 Å². The van der Waals surface area contributed by atoms with Gasteiger partial charge in [0.25, 0.3) is 0 Å². The summed E-state index contributed by atoms with van der Waals surface area (Å²) in [6.45, 7) is 4.91. The van der Waals surface area contributed by atoms with Gasteiger partial charge in [-0.1, -0.05) is 59.8 Å². The third kappa shape index (κ3) is 4.86. The highest BCUT2D eigenvalue weighted by Crippen LogP contribution is 2.28. The first-order valence-corrected chi connectivity index (χ1v) is 11.9. The number of ether oxygens (including phenoxy) is 1. The summed E-state index contributed by atoms with van der Waals surface area (Å²) >= 11 is 1.38. The van der Waals surface area contributed by atoms with Crippen LogP contribution in [-0.2, 0) is 9.53 Å². The number of hydrogen-bond acceptors (Lipinski definition) is 6. The number of aromatic nitrogens is 3. The minimum atomic E-state index is -0.0818. The highest BCUT2D eigenvalue weighted by molar-refractivity contribution is 7.99. The maximum atomic E-state index is 12.7. The lowest BCUT2D eigenvalue weighted by molar-refractivity contribution is -0.113. The molecular formula is C25H25N5O2S. The van der Waals surface area contributed by atoms with Crippen LogP contribution in [0.2, 0.25) is 0 Å². The molecule has 0 unspecified atom stereocenters. The molecule has 3 aromatic carbocycles. The van der Waals surface area contributed by atoms with Crippen LogP contribution in [0.4, 0.5) is 11.6 Å². The highest BCUT2D eigenvalue weighted by atomic mass is 32.2. The number of thioether (sulfide) groups is 1. The van der Waals surface area contributed by atoms with Crippen LogP contribution in [0.25, 0.3) is 16.5 Å². The van der Waals surface area contributed by atoms with Gasteiger partial charge in [0, 0.05) is 18.8 Å². The molecule has 1 fully saturated rings. The Labute approximate surface area is 196 Å². The Kier molecular flexibility index (Phi) is 6.28. The smallest absolute Gasteiger partial charge is 0.234 e. The topological polar surface area (TPSA) is 72.3 Å². The van der Waals surface area contributed by atoms with Crippen molar-refractivity contribution >= 4 is 40.1 Å². The number of rotatable bonds is 6. The fourth-order valence-electron chi connectivity index (χ4n) is 3.84. The summed E-state index contributed by atoms with van der Waals surface area (Å²) in [5.41, 5.74) is 2.95. The third-order valence-corrected chi connectivity index (χ3v) is 6.50. The molecule has 1 aliphatic heterocycles. The summed E-state index contributed by atoms with van der Waals surface area (Å²) < 4.78 is 7.52. The van der Waals surface area contributed by atoms with Gasteiger partial charge in [-0.25, -0.2) is 0 Å². The van der Waals surface area contributed by atoms with Gasteiger partial charge in [0.1, 0.15) is 0 Å². The molecule has 1 aliphatic rings. The Morgan fingerprint density at radius 3 is 2.55 bits per heavy atom. The average Bonchev–Trinajstić information content (AvgIpc) is 3.28. The van der Waals surface area contributed by atoms with E-state index < -0.39 is 0 Å². The van der Waals surface area contributed by atoms with Crippen molar-refractivity contribution in [3.05, 3.63) is 72.3 Å². The predicted octanol–water partition coefficient (Wildman–Crippen LogP) is 4.30. The van der Waals surface area contributed by atoms with Crippen molar-refractivity contribution in [1.29, 1.82) is 0 Å². The molecule has 0 aliphatic carbocycles. The van der Waals surface area contributed by atoms with Crippen LogP contribution in [0.5, 0.6) is 0 Å². The van der Waals surface area contributed by atoms with Gasteiger partial charge < -0.3 is 15.0 Å². The Hall–Kier alpha value is -3.36. The molecule has 2 heterocycles. The monoisotopic (exact) mass is 459 g/mol. The number of carbonyl (C=O) groups is 1. The van der Waals surface area contributed by atoms with Gasteiger partial charge in [-0.05, 0) is 42.0 Å². The van der Waals surface area contributed by atoms with E-state index in [0.29, 0.717) is 18.4 Å². The minimum absolute atomic E-state index is 0.0818. The van der Waals surface area contributed by atoms with Crippen molar-refractivity contribution < 1.29 is 9.53 Å². The number of carbonyl (C=O) groups excluding carboxylic acids is 1. The molecule has 8 heteroatoms. The fraction of sp³-hybridized carbons (Fsp3) is 0.240. The molecule has 168 valence electrons. The van der Waals surface area contributed by atoms with Crippen LogP contribution in [0.15, 0.2) is 71.9 Å². The number of nitrogens with one attached hydrogen (secondary N) is 1. The molecule has 5 rings (SSSR count). The van der Waals surface area contributed by atoms with Crippen LogP contribution in [0.3, 0.4) is 0 Å². The second-order valence-corrected chi connectivity index (χ2v) is 8.89. The standard InChI is InChI=1S/C25H25N5O2S/c1-18-6-10-22(11-7-18)30-24(29-12-14-32-15-13-29)27-28-25(30)33-17-23(31)26-21-9-8-19-4-2-3-5-20(19)16-21/h2-11,16H,12-15,17H2,1H3,(H,26,31). The van der Waals surface area contributed by atoms with Crippen molar-refractivity contribution in [1.82, 2.24) is 14.8 Å². The molecule has 0 radical (unpaired) electrons. The van der Waals surface area contributed by atoms with Crippen molar-refractivity contribution in [3.63, 3.8) is 0 Å². The number of anilines is 2. The molecule has 0 spiro atoms. The molecule has 0 bridgehead atoms. The van der Waals surface area contributed by atoms with E-state index >= 15 is 0 Å². The number of aryl methyl sites for hydroxylation is 1. The number of morpholine rings is 1. The number of benzene rings is 3. The molecule has 1 saturated heterocycles. The lowest BCUT2D eigenvalue weighted by Crippen LogP contribution is -2.37. The second-order valence-electron chi connectivity index (χ2n) is 7.95. The Morgan fingerprint density at radius 2 is 1.76 bits per heavy atom. The predicted molar refractivity (Wildman–Crippen MR) is 132 cm³/mol. The van der Waals surface area contributed by atoms with Crippen LogP contribution in [-0.4, -0.2) is 52.7 Å². The van der Waals surface area contributed by atoms with E-state index in [0.717, 1.165) is 41.2 Å². The first kappa shape index (κ1) is 21.5. The number of fused-ring (bicyclic) bond motifs is 1. The quantitative estimate of drug-likeness (QED) is 0.434. The molecule has 0 atom stereocenters. The van der Waals surface area contributed by atoms with E-state index in [1.54, 1.807) is 0 Å². The molecular weight excluding hydrogens is 434 g/mol. The van der Waals surface area contributed by atoms with E-state index in [-0.39, 0.29) is 11.7 Å². The number of nitrogens with zero attached hydrogens (tertiary/aromatic N) is 4. The summed E-state index contributed by atoms with van der Waals surface area (Å²) in [6, 6.07) is 22.3. The molecule has 7 nitrogen and oxygen atoms in total. The van der Waals surface area contributed by atoms with Crippen LogP contribution in [0.1, 0.15) is 5.56 Å². The summed E-state index contributed by atoms with van der Waals surface area (Å²) in [4.78, 5) is 14.9. The van der Waals surface area contributed by atoms with Crippen LogP contribution < -0.4 is 10.2 Å². The van der Waals surface area contributed by atoms with Gasteiger partial charge in [0.2, 0.25) is 11.9 Å². The third-order valence-electron chi connectivity index (χ3n) is 5.57. The SMILES string of the molecule is Cc1ccc(-n2c(SCC(=O)Nc3ccc4ccccc4c3)nnc2N2CCOCC2)cc1. The van der Waals surface area contributed by atoms with Crippen molar-refractivity contribution in [3.8, 4) is 5.69 Å². The van der Waals surface area contributed by atoms with Gasteiger partial charge in [0.05, 0.1) is 24.7 Å². The summed E-state index contributed by atoms with van der Waals surface area (Å²) in [5, 5.41) is 14.8. The summed E-state index contributed by atoms with van der Waals surface area (Å²) in [7, 11) is 0. The lowest BCUT2D eigenvalue weighted by Gasteiger charge is -2.27. The Bertz CT molecular complexity index is 1270. The zero-order valence-electron chi connectivity index (χ0n) is 18.4. The largest absolute Gasteiger partial charge is 0.378 e. The van der Waals surface area contributed by atoms with E-state index in [9.17, 15) is 4.79 Å². The van der Waals surface area contributed by atoms with Gasteiger partial charge in [-0.2, -0.15) is 0 Å². The van der Waals surface area contributed by atoms with Gasteiger partial charge >= 0.3 is 0 Å². The van der Waals surface area contributed by atoms with E-state index in [2.05, 4.69) is 57.7 Å². The molecule has 1 aromatic heterocycles. The van der Waals surface area contributed by atoms with Crippen molar-refractivity contribution in [2.45, 2.75) is 12.1 Å². The molecule has 1 N–H and O–H groups in total. The van der Waals surface area contributed by atoms with E-state index in [1.165, 1.54) is 17.3 Å². The average molecular weight is 460 g/mol. The lowest BCUT2D eigenvalue weighted by atomic mass is 10.1. The normalized spacial score (nSPS) is 13.9. The molecule has 33 heavy (non-hydrogen) atoms. The van der Waals surface area contributed by atoms with Crippen molar-refractivity contribution in [2.24, 2.45) is 0 Å². The van der Waals surface area contributed by atoms with Crippen molar-refractivity contribution in [2.75, 3.05) is 42.3 Å². The molecule has 1 amide bonds. The van der Waals surface area contributed by atoms with Crippen LogP contribution >= 0.6 is 11.8 Å².